The van der Waals surface area contributed by atoms with Crippen LogP contribution in [0.5, 0.6) is 11.5 Å². The molecule has 0 unspecified atom stereocenters. The van der Waals surface area contributed by atoms with E-state index in [1.165, 1.54) is 3.93 Å². The molecular formula is C10H10BrNO3. The molecule has 0 atom stereocenters. The average molecular weight is 272 g/mol. The number of fused-ring (bicyclic) bond motifs is 1. The maximum absolute atomic E-state index is 11.6. The van der Waals surface area contributed by atoms with Crippen molar-refractivity contribution in [2.24, 2.45) is 0 Å². The predicted octanol–water partition coefficient (Wildman–Crippen LogP) is 1.97. The van der Waals surface area contributed by atoms with Crippen molar-refractivity contribution >= 4 is 22.1 Å². The molecule has 1 heterocycles. The van der Waals surface area contributed by atoms with E-state index in [0.29, 0.717) is 23.6 Å². The summed E-state index contributed by atoms with van der Waals surface area (Å²) < 4.78 is 11.8. The average Bonchev–Trinajstić information content (AvgIpc) is 2.53. The quantitative estimate of drug-likeness (QED) is 0.772. The second kappa shape index (κ2) is 3.73. The number of ether oxygens (including phenoxy) is 2. The highest BCUT2D eigenvalue weighted by atomic mass is 79.9. The van der Waals surface area contributed by atoms with Crippen LogP contribution in [0.1, 0.15) is 15.9 Å². The number of carbonyl (C=O) groups is 1. The Bertz CT molecular complexity index is 419. The molecule has 80 valence electrons. The van der Waals surface area contributed by atoms with Crippen molar-refractivity contribution in [1.82, 2.24) is 3.93 Å². The van der Waals surface area contributed by atoms with Gasteiger partial charge in [0.2, 0.25) is 0 Å². The highest BCUT2D eigenvalue weighted by Crippen LogP contribution is 2.35. The smallest absolute Gasteiger partial charge is 0.264 e. The van der Waals surface area contributed by atoms with Crippen LogP contribution in [0, 0.1) is 0 Å². The summed E-state index contributed by atoms with van der Waals surface area (Å²) in [6.07, 6.45) is 0. The number of nitrogens with zero attached hydrogens (tertiary/aromatic N) is 1. The number of hydrogen-bond donors (Lipinski definition) is 0. The van der Waals surface area contributed by atoms with Gasteiger partial charge in [0.15, 0.2) is 11.5 Å². The van der Waals surface area contributed by atoms with Gasteiger partial charge in [-0.1, -0.05) is 0 Å². The van der Waals surface area contributed by atoms with E-state index in [-0.39, 0.29) is 5.91 Å². The van der Waals surface area contributed by atoms with Crippen molar-refractivity contribution in [1.29, 1.82) is 0 Å². The molecule has 1 amide bonds. The zero-order chi connectivity index (χ0) is 11.0. The number of hydrogen-bond acceptors (Lipinski definition) is 3. The molecule has 1 aromatic carbocycles. The summed E-state index contributed by atoms with van der Waals surface area (Å²) in [5, 5.41) is 0. The minimum absolute atomic E-state index is 0.0500. The first-order chi connectivity index (χ1) is 7.17. The first-order valence-corrected chi connectivity index (χ1v) is 5.11. The summed E-state index contributed by atoms with van der Waals surface area (Å²) in [6, 6.07) is 3.53. The molecule has 0 saturated carbocycles. The van der Waals surface area contributed by atoms with Gasteiger partial charge in [-0.15, -0.1) is 0 Å². The van der Waals surface area contributed by atoms with Crippen molar-refractivity contribution in [3.8, 4) is 11.5 Å². The first kappa shape index (κ1) is 10.3. The minimum atomic E-state index is -0.0500. The summed E-state index contributed by atoms with van der Waals surface area (Å²) in [7, 11) is 3.13. The predicted molar refractivity (Wildman–Crippen MR) is 58.3 cm³/mol. The Balaban J connectivity index is 2.53. The summed E-state index contributed by atoms with van der Waals surface area (Å²) in [5.41, 5.74) is 1.60. The number of benzene rings is 1. The first-order valence-electron chi connectivity index (χ1n) is 4.40. The summed E-state index contributed by atoms with van der Waals surface area (Å²) >= 11 is 3.18. The van der Waals surface area contributed by atoms with E-state index in [1.54, 1.807) is 20.3 Å². The van der Waals surface area contributed by atoms with E-state index in [0.717, 1.165) is 5.56 Å². The van der Waals surface area contributed by atoms with Gasteiger partial charge in [-0.2, -0.15) is 0 Å². The maximum Gasteiger partial charge on any atom is 0.264 e. The Hall–Kier alpha value is -1.23. The van der Waals surface area contributed by atoms with Gasteiger partial charge in [-0.25, -0.2) is 0 Å². The highest BCUT2D eigenvalue weighted by molar-refractivity contribution is 9.07. The van der Waals surface area contributed by atoms with Crippen LogP contribution >= 0.6 is 16.1 Å². The zero-order valence-corrected chi connectivity index (χ0v) is 10.00. The Morgan fingerprint density at radius 3 is 2.47 bits per heavy atom. The third kappa shape index (κ3) is 1.56. The molecule has 4 nitrogen and oxygen atoms in total. The lowest BCUT2D eigenvalue weighted by atomic mass is 10.1. The fourth-order valence-corrected chi connectivity index (χ4v) is 2.06. The molecule has 0 N–H and O–H groups in total. The van der Waals surface area contributed by atoms with Crippen molar-refractivity contribution in [2.75, 3.05) is 14.2 Å². The standard InChI is InChI=1S/C10H10BrNO3/c1-14-8-3-6-5-12(11)10(13)7(6)4-9(8)15-2/h3-4H,5H2,1-2H3. The van der Waals surface area contributed by atoms with Gasteiger partial charge in [0.25, 0.3) is 5.91 Å². The second-order valence-electron chi connectivity index (χ2n) is 3.19. The monoisotopic (exact) mass is 271 g/mol. The number of halogens is 1. The van der Waals surface area contributed by atoms with Crippen LogP contribution in [0.4, 0.5) is 0 Å². The van der Waals surface area contributed by atoms with E-state index in [9.17, 15) is 4.79 Å². The normalized spacial score (nSPS) is 14.1. The highest BCUT2D eigenvalue weighted by Gasteiger charge is 2.27. The largest absolute Gasteiger partial charge is 0.493 e. The van der Waals surface area contributed by atoms with Crippen LogP contribution in [0.25, 0.3) is 0 Å². The van der Waals surface area contributed by atoms with Gasteiger partial charge in [0.05, 0.1) is 36.9 Å². The number of amides is 1. The van der Waals surface area contributed by atoms with Crippen LogP contribution in [0.2, 0.25) is 0 Å². The molecule has 1 aliphatic rings. The number of rotatable bonds is 2. The van der Waals surface area contributed by atoms with Crippen molar-refractivity contribution in [3.63, 3.8) is 0 Å². The van der Waals surface area contributed by atoms with E-state index in [4.69, 9.17) is 9.47 Å². The van der Waals surface area contributed by atoms with E-state index in [1.807, 2.05) is 6.07 Å². The summed E-state index contributed by atoms with van der Waals surface area (Å²) in [4.78, 5) is 11.6. The van der Waals surface area contributed by atoms with Crippen molar-refractivity contribution in [2.45, 2.75) is 6.54 Å². The molecule has 1 aromatic rings. The fourth-order valence-electron chi connectivity index (χ4n) is 1.60. The molecule has 0 fully saturated rings. The minimum Gasteiger partial charge on any atom is -0.493 e. The van der Waals surface area contributed by atoms with Crippen molar-refractivity contribution in [3.05, 3.63) is 23.3 Å². The van der Waals surface area contributed by atoms with Gasteiger partial charge >= 0.3 is 0 Å². The third-order valence-electron chi connectivity index (χ3n) is 2.37. The van der Waals surface area contributed by atoms with Crippen LogP contribution in [-0.2, 0) is 6.54 Å². The van der Waals surface area contributed by atoms with Gasteiger partial charge in [-0.3, -0.25) is 8.72 Å². The molecule has 5 heteroatoms. The van der Waals surface area contributed by atoms with Crippen LogP contribution < -0.4 is 9.47 Å². The maximum atomic E-state index is 11.6. The Labute approximate surface area is 96.1 Å². The number of methoxy groups -OCH3 is 2. The molecule has 0 bridgehead atoms. The van der Waals surface area contributed by atoms with Crippen LogP contribution in [0.3, 0.4) is 0 Å². The lowest BCUT2D eigenvalue weighted by Crippen LogP contribution is -2.10. The topological polar surface area (TPSA) is 38.8 Å². The summed E-state index contributed by atoms with van der Waals surface area (Å²) in [5.74, 6) is 1.17. The molecule has 1 aliphatic heterocycles. The Kier molecular flexibility index (Phi) is 2.56. The molecule has 0 spiro atoms. The van der Waals surface area contributed by atoms with Crippen molar-refractivity contribution < 1.29 is 14.3 Å². The Morgan fingerprint density at radius 1 is 1.27 bits per heavy atom. The van der Waals surface area contributed by atoms with E-state index in [2.05, 4.69) is 16.1 Å². The lowest BCUT2D eigenvalue weighted by Gasteiger charge is -2.08. The van der Waals surface area contributed by atoms with Gasteiger partial charge < -0.3 is 9.47 Å². The van der Waals surface area contributed by atoms with Gasteiger partial charge in [0, 0.05) is 5.56 Å². The summed E-state index contributed by atoms with van der Waals surface area (Å²) in [6.45, 7) is 0.550. The van der Waals surface area contributed by atoms with Gasteiger partial charge in [0.1, 0.15) is 0 Å². The second-order valence-corrected chi connectivity index (χ2v) is 4.05. The van der Waals surface area contributed by atoms with E-state index < -0.39 is 0 Å². The van der Waals surface area contributed by atoms with Crippen LogP contribution in [0.15, 0.2) is 12.1 Å². The molecule has 0 radical (unpaired) electrons. The molecule has 0 saturated heterocycles. The molecule has 2 rings (SSSR count). The SMILES string of the molecule is COc1cc2c(cc1OC)C(=O)N(Br)C2. The zero-order valence-electron chi connectivity index (χ0n) is 8.41. The van der Waals surface area contributed by atoms with Gasteiger partial charge in [-0.05, 0) is 17.7 Å². The lowest BCUT2D eigenvalue weighted by molar-refractivity contribution is 0.0895. The third-order valence-corrected chi connectivity index (χ3v) is 2.94. The molecule has 15 heavy (non-hydrogen) atoms. The molecular weight excluding hydrogens is 262 g/mol. The number of carbonyl (C=O) groups excluding carboxylic acids is 1. The van der Waals surface area contributed by atoms with Crippen LogP contribution in [-0.4, -0.2) is 24.1 Å². The fraction of sp³-hybridized carbons (Fsp3) is 0.300. The van der Waals surface area contributed by atoms with E-state index >= 15 is 0 Å². The molecule has 0 aliphatic carbocycles. The molecule has 0 aromatic heterocycles. The Morgan fingerprint density at radius 2 is 1.87 bits per heavy atom.